The number of hydrogen-bond donors (Lipinski definition) is 1. The standard InChI is InChI=1S/C22H27FN2O2.C2HF3O2/c1-17-7-8-20(27-17)21(26)24-12-3-9-22(11-14-24)10-4-13-25(22)16-18-5-2-6-19(23)15-18;3-2(4,5)1(6)7/h2,5-8,15H,3-4,9-14,16H2,1H3;(H,6,7). The van der Waals surface area contributed by atoms with Gasteiger partial charge in [-0.15, -0.1) is 0 Å². The van der Waals surface area contributed by atoms with Crippen molar-refractivity contribution in [3.05, 3.63) is 59.3 Å². The van der Waals surface area contributed by atoms with Crippen molar-refractivity contribution in [1.29, 1.82) is 0 Å². The predicted octanol–water partition coefficient (Wildman–Crippen LogP) is 5.02. The van der Waals surface area contributed by atoms with Crippen LogP contribution in [-0.2, 0) is 11.3 Å². The van der Waals surface area contributed by atoms with Crippen molar-refractivity contribution in [2.75, 3.05) is 19.6 Å². The van der Waals surface area contributed by atoms with Crippen molar-refractivity contribution in [3.63, 3.8) is 0 Å². The van der Waals surface area contributed by atoms with E-state index in [4.69, 9.17) is 14.3 Å². The molecule has 1 aromatic carbocycles. The first-order chi connectivity index (χ1) is 16.0. The van der Waals surface area contributed by atoms with Crippen LogP contribution < -0.4 is 0 Å². The number of carboxylic acid groups (broad SMARTS) is 1. The van der Waals surface area contributed by atoms with Crippen LogP contribution in [0.4, 0.5) is 17.6 Å². The molecule has 0 radical (unpaired) electrons. The van der Waals surface area contributed by atoms with Gasteiger partial charge in [-0.25, -0.2) is 9.18 Å². The molecule has 0 bridgehead atoms. The summed E-state index contributed by atoms with van der Waals surface area (Å²) in [7, 11) is 0. The molecule has 34 heavy (non-hydrogen) atoms. The Hall–Kier alpha value is -2.88. The highest BCUT2D eigenvalue weighted by atomic mass is 19.4. The third-order valence-electron chi connectivity index (χ3n) is 6.40. The lowest BCUT2D eigenvalue weighted by Gasteiger charge is -2.38. The van der Waals surface area contributed by atoms with Gasteiger partial charge >= 0.3 is 12.1 Å². The van der Waals surface area contributed by atoms with Gasteiger partial charge in [-0.05, 0) is 75.4 Å². The Balaban J connectivity index is 0.000000406. The minimum absolute atomic E-state index is 0.00479. The number of carbonyl (C=O) groups is 2. The summed E-state index contributed by atoms with van der Waals surface area (Å²) in [5.74, 6) is -1.73. The first-order valence-electron chi connectivity index (χ1n) is 11.2. The molecule has 2 fully saturated rings. The molecule has 4 rings (SSSR count). The van der Waals surface area contributed by atoms with Gasteiger partial charge in [0.1, 0.15) is 11.6 Å². The lowest BCUT2D eigenvalue weighted by atomic mass is 9.87. The summed E-state index contributed by atoms with van der Waals surface area (Å²) in [5.41, 5.74) is 1.15. The van der Waals surface area contributed by atoms with E-state index in [1.807, 2.05) is 24.0 Å². The van der Waals surface area contributed by atoms with E-state index in [0.717, 1.165) is 63.2 Å². The van der Waals surface area contributed by atoms with Crippen LogP contribution >= 0.6 is 0 Å². The molecule has 186 valence electrons. The minimum Gasteiger partial charge on any atom is -0.475 e. The van der Waals surface area contributed by atoms with E-state index in [0.29, 0.717) is 5.76 Å². The molecule has 1 aromatic heterocycles. The highest BCUT2D eigenvalue weighted by Gasteiger charge is 2.42. The van der Waals surface area contributed by atoms with E-state index in [9.17, 15) is 22.4 Å². The Bertz CT molecular complexity index is 1010. The van der Waals surface area contributed by atoms with Crippen molar-refractivity contribution in [3.8, 4) is 0 Å². The number of aliphatic carboxylic acids is 1. The van der Waals surface area contributed by atoms with Gasteiger partial charge in [0.15, 0.2) is 5.76 Å². The molecule has 1 amide bonds. The third-order valence-corrected chi connectivity index (χ3v) is 6.40. The van der Waals surface area contributed by atoms with E-state index in [1.54, 1.807) is 18.2 Å². The Morgan fingerprint density at radius 1 is 1.06 bits per heavy atom. The summed E-state index contributed by atoms with van der Waals surface area (Å²) < 4.78 is 50.8. The molecule has 1 atom stereocenters. The maximum atomic E-state index is 13.6. The fraction of sp³-hybridized carbons (Fsp3) is 0.500. The second-order valence-corrected chi connectivity index (χ2v) is 8.74. The Kier molecular flexibility index (Phi) is 8.01. The van der Waals surface area contributed by atoms with Gasteiger partial charge in [0, 0.05) is 25.2 Å². The molecular formula is C24H28F4N2O4. The van der Waals surface area contributed by atoms with Gasteiger partial charge in [-0.2, -0.15) is 13.2 Å². The lowest BCUT2D eigenvalue weighted by Crippen LogP contribution is -2.44. The first-order valence-corrected chi connectivity index (χ1v) is 11.2. The summed E-state index contributed by atoms with van der Waals surface area (Å²) in [4.78, 5) is 26.1. The quantitative estimate of drug-likeness (QED) is 0.620. The maximum absolute atomic E-state index is 13.6. The van der Waals surface area contributed by atoms with Crippen LogP contribution in [-0.4, -0.2) is 58.1 Å². The van der Waals surface area contributed by atoms with Gasteiger partial charge < -0.3 is 14.4 Å². The number of nitrogens with zero attached hydrogens (tertiary/aromatic N) is 2. The van der Waals surface area contributed by atoms with Crippen LogP contribution in [0.2, 0.25) is 0 Å². The Labute approximate surface area is 195 Å². The van der Waals surface area contributed by atoms with Crippen molar-refractivity contribution in [2.45, 2.75) is 57.3 Å². The zero-order valence-electron chi connectivity index (χ0n) is 18.9. The largest absolute Gasteiger partial charge is 0.490 e. The van der Waals surface area contributed by atoms with E-state index < -0.39 is 12.1 Å². The molecule has 2 aromatic rings. The van der Waals surface area contributed by atoms with Crippen molar-refractivity contribution < 1.29 is 36.7 Å². The number of carbonyl (C=O) groups excluding carboxylic acids is 1. The highest BCUT2D eigenvalue weighted by Crippen LogP contribution is 2.39. The second kappa shape index (κ2) is 10.6. The smallest absolute Gasteiger partial charge is 0.475 e. The molecule has 1 unspecified atom stereocenters. The summed E-state index contributed by atoms with van der Waals surface area (Å²) in [6, 6.07) is 10.5. The zero-order chi connectivity index (χ0) is 24.9. The monoisotopic (exact) mass is 484 g/mol. The molecule has 6 nitrogen and oxygen atoms in total. The topological polar surface area (TPSA) is 74.0 Å². The number of benzene rings is 1. The van der Waals surface area contributed by atoms with Crippen LogP contribution in [0.5, 0.6) is 0 Å². The zero-order valence-corrected chi connectivity index (χ0v) is 18.9. The van der Waals surface area contributed by atoms with Crippen LogP contribution in [0.3, 0.4) is 0 Å². The van der Waals surface area contributed by atoms with E-state index in [-0.39, 0.29) is 17.3 Å². The number of rotatable bonds is 3. The van der Waals surface area contributed by atoms with E-state index in [2.05, 4.69) is 4.90 Å². The number of alkyl halides is 3. The maximum Gasteiger partial charge on any atom is 0.490 e. The van der Waals surface area contributed by atoms with Gasteiger partial charge in [-0.1, -0.05) is 12.1 Å². The molecular weight excluding hydrogens is 456 g/mol. The van der Waals surface area contributed by atoms with Gasteiger partial charge in [0.05, 0.1) is 0 Å². The molecule has 2 aliphatic heterocycles. The normalized spacial score (nSPS) is 21.1. The Morgan fingerprint density at radius 3 is 2.32 bits per heavy atom. The molecule has 3 heterocycles. The van der Waals surface area contributed by atoms with E-state index in [1.165, 1.54) is 12.5 Å². The fourth-order valence-corrected chi connectivity index (χ4v) is 4.75. The number of carboxylic acids is 1. The molecule has 2 saturated heterocycles. The SMILES string of the molecule is Cc1ccc(C(=O)N2CCCC3(CCCN3Cc3cccc(F)c3)CC2)o1.O=C(O)C(F)(F)F. The van der Waals surface area contributed by atoms with Crippen molar-refractivity contribution in [2.24, 2.45) is 0 Å². The minimum atomic E-state index is -5.08. The average Bonchev–Trinajstić information content (AvgIpc) is 3.29. The van der Waals surface area contributed by atoms with Gasteiger partial charge in [-0.3, -0.25) is 9.69 Å². The fourth-order valence-electron chi connectivity index (χ4n) is 4.75. The van der Waals surface area contributed by atoms with E-state index >= 15 is 0 Å². The number of aryl methyl sites for hydroxylation is 1. The molecule has 1 spiro atoms. The molecule has 0 saturated carbocycles. The summed E-state index contributed by atoms with van der Waals surface area (Å²) in [5, 5.41) is 7.12. The number of likely N-dealkylation sites (tertiary alicyclic amines) is 2. The van der Waals surface area contributed by atoms with Crippen LogP contribution in [0.1, 0.15) is 54.0 Å². The number of amides is 1. The molecule has 2 aliphatic rings. The number of hydrogen-bond acceptors (Lipinski definition) is 4. The molecule has 1 N–H and O–H groups in total. The van der Waals surface area contributed by atoms with Crippen LogP contribution in [0, 0.1) is 12.7 Å². The number of furan rings is 1. The van der Waals surface area contributed by atoms with Crippen molar-refractivity contribution in [1.82, 2.24) is 9.80 Å². The lowest BCUT2D eigenvalue weighted by molar-refractivity contribution is -0.192. The third kappa shape index (κ3) is 6.37. The second-order valence-electron chi connectivity index (χ2n) is 8.74. The summed E-state index contributed by atoms with van der Waals surface area (Å²) in [6.45, 7) is 5.20. The summed E-state index contributed by atoms with van der Waals surface area (Å²) >= 11 is 0. The first kappa shape index (κ1) is 25.7. The molecule has 0 aliphatic carbocycles. The Morgan fingerprint density at radius 2 is 1.74 bits per heavy atom. The van der Waals surface area contributed by atoms with Gasteiger partial charge in [0.25, 0.3) is 5.91 Å². The predicted molar refractivity (Wildman–Crippen MR) is 116 cm³/mol. The summed E-state index contributed by atoms with van der Waals surface area (Å²) in [6.07, 6.45) is 0.285. The average molecular weight is 484 g/mol. The highest BCUT2D eigenvalue weighted by molar-refractivity contribution is 5.91. The van der Waals surface area contributed by atoms with Gasteiger partial charge in [0.2, 0.25) is 0 Å². The molecule has 10 heteroatoms. The van der Waals surface area contributed by atoms with Crippen molar-refractivity contribution >= 4 is 11.9 Å². The van der Waals surface area contributed by atoms with Crippen LogP contribution in [0.25, 0.3) is 0 Å². The van der Waals surface area contributed by atoms with Crippen LogP contribution in [0.15, 0.2) is 40.8 Å². The number of halogens is 4.